The molecule has 134 valence electrons. The molecule has 0 aliphatic rings. The van der Waals surface area contributed by atoms with Crippen molar-refractivity contribution >= 4 is 5.91 Å². The number of benzene rings is 2. The van der Waals surface area contributed by atoms with E-state index in [0.717, 1.165) is 5.56 Å². The second-order valence-corrected chi connectivity index (χ2v) is 6.27. The van der Waals surface area contributed by atoms with Crippen molar-refractivity contribution in [2.75, 3.05) is 7.11 Å². The Morgan fingerprint density at radius 3 is 2.44 bits per heavy atom. The van der Waals surface area contributed by atoms with Crippen LogP contribution >= 0.6 is 0 Å². The maximum atomic E-state index is 12.6. The van der Waals surface area contributed by atoms with Crippen LogP contribution in [0, 0.1) is 13.8 Å². The van der Waals surface area contributed by atoms with Crippen LogP contribution in [0.5, 0.6) is 11.5 Å². The van der Waals surface area contributed by atoms with Crippen LogP contribution in [0.15, 0.2) is 42.5 Å². The van der Waals surface area contributed by atoms with Gasteiger partial charge >= 0.3 is 0 Å². The predicted octanol–water partition coefficient (Wildman–Crippen LogP) is 4.35. The van der Waals surface area contributed by atoms with Crippen LogP contribution in [0.3, 0.4) is 0 Å². The molecule has 1 amide bonds. The first-order chi connectivity index (χ1) is 11.9. The summed E-state index contributed by atoms with van der Waals surface area (Å²) in [5.41, 5.74) is 3.56. The van der Waals surface area contributed by atoms with Crippen LogP contribution in [-0.4, -0.2) is 19.1 Å². The normalized spacial score (nSPS) is 13.0. The molecule has 0 spiro atoms. The molecule has 0 saturated carbocycles. The second kappa shape index (κ2) is 8.56. The molecule has 0 aliphatic carbocycles. The Kier molecular flexibility index (Phi) is 6.45. The van der Waals surface area contributed by atoms with Crippen molar-refractivity contribution in [2.24, 2.45) is 0 Å². The van der Waals surface area contributed by atoms with E-state index in [1.54, 1.807) is 13.2 Å². The number of nitrogens with one attached hydrogen (secondary N) is 1. The van der Waals surface area contributed by atoms with E-state index in [0.29, 0.717) is 17.9 Å². The lowest BCUT2D eigenvalue weighted by molar-refractivity contribution is -0.128. The van der Waals surface area contributed by atoms with Gasteiger partial charge in [0.25, 0.3) is 5.91 Å². The molecule has 0 unspecified atom stereocenters. The van der Waals surface area contributed by atoms with E-state index in [1.165, 1.54) is 11.1 Å². The van der Waals surface area contributed by atoms with Crippen LogP contribution in [0.2, 0.25) is 0 Å². The van der Waals surface area contributed by atoms with Gasteiger partial charge in [-0.3, -0.25) is 4.79 Å². The van der Waals surface area contributed by atoms with Gasteiger partial charge in [0, 0.05) is 6.07 Å². The highest BCUT2D eigenvalue weighted by molar-refractivity contribution is 5.81. The molecule has 2 aromatic carbocycles. The summed E-state index contributed by atoms with van der Waals surface area (Å²) in [6.45, 7) is 8.08. The van der Waals surface area contributed by atoms with Crippen LogP contribution in [0.1, 0.15) is 43.0 Å². The van der Waals surface area contributed by atoms with Crippen molar-refractivity contribution in [1.29, 1.82) is 0 Å². The Hall–Kier alpha value is -2.49. The summed E-state index contributed by atoms with van der Waals surface area (Å²) in [5.74, 6) is 1.22. The number of rotatable bonds is 7. The smallest absolute Gasteiger partial charge is 0.261 e. The van der Waals surface area contributed by atoms with Crippen LogP contribution in [0.25, 0.3) is 0 Å². The average molecular weight is 341 g/mol. The van der Waals surface area contributed by atoms with E-state index in [4.69, 9.17) is 9.47 Å². The quantitative estimate of drug-likeness (QED) is 0.814. The maximum absolute atomic E-state index is 12.6. The topological polar surface area (TPSA) is 47.6 Å². The molecule has 0 aliphatic heterocycles. The highest BCUT2D eigenvalue weighted by atomic mass is 16.5. The fourth-order valence-corrected chi connectivity index (χ4v) is 2.58. The largest absolute Gasteiger partial charge is 0.497 e. The molecule has 0 bridgehead atoms. The highest BCUT2D eigenvalue weighted by Crippen LogP contribution is 2.21. The number of ether oxygens (including phenoxy) is 2. The summed E-state index contributed by atoms with van der Waals surface area (Å²) < 4.78 is 11.0. The SMILES string of the molecule is CC[C@@H](Oc1cccc(OC)c1)C(=O)N[C@@H](C)c1ccc(C)c(C)c1. The molecule has 4 heteroatoms. The first-order valence-corrected chi connectivity index (χ1v) is 8.62. The minimum Gasteiger partial charge on any atom is -0.497 e. The van der Waals surface area contributed by atoms with Crippen LogP contribution in [0.4, 0.5) is 0 Å². The minimum atomic E-state index is -0.541. The molecule has 25 heavy (non-hydrogen) atoms. The number of hydrogen-bond donors (Lipinski definition) is 1. The third-order valence-corrected chi connectivity index (χ3v) is 4.37. The third-order valence-electron chi connectivity index (χ3n) is 4.37. The van der Waals surface area contributed by atoms with Gasteiger partial charge in [-0.1, -0.05) is 31.2 Å². The number of aryl methyl sites for hydroxylation is 2. The van der Waals surface area contributed by atoms with Gasteiger partial charge < -0.3 is 14.8 Å². The Bertz CT molecular complexity index is 727. The molecule has 0 aromatic heterocycles. The summed E-state index contributed by atoms with van der Waals surface area (Å²) in [4.78, 5) is 12.6. The second-order valence-electron chi connectivity index (χ2n) is 6.27. The molecular weight excluding hydrogens is 314 g/mol. The number of methoxy groups -OCH3 is 1. The molecule has 2 atom stereocenters. The first-order valence-electron chi connectivity index (χ1n) is 8.62. The summed E-state index contributed by atoms with van der Waals surface area (Å²) in [5, 5.41) is 3.05. The van der Waals surface area contributed by atoms with Gasteiger partial charge in [0.2, 0.25) is 0 Å². The number of carbonyl (C=O) groups excluding carboxylic acids is 1. The number of amides is 1. The predicted molar refractivity (Wildman–Crippen MR) is 100 cm³/mol. The van der Waals surface area contributed by atoms with E-state index in [1.807, 2.05) is 32.0 Å². The Balaban J connectivity index is 2.04. The highest BCUT2D eigenvalue weighted by Gasteiger charge is 2.21. The third kappa shape index (κ3) is 4.99. The zero-order chi connectivity index (χ0) is 18.4. The molecule has 4 nitrogen and oxygen atoms in total. The van der Waals surface area contributed by atoms with Gasteiger partial charge in [0.05, 0.1) is 13.2 Å². The molecule has 2 aromatic rings. The minimum absolute atomic E-state index is 0.0743. The summed E-state index contributed by atoms with van der Waals surface area (Å²) >= 11 is 0. The summed E-state index contributed by atoms with van der Waals surface area (Å²) in [7, 11) is 1.61. The molecule has 2 rings (SSSR count). The maximum Gasteiger partial charge on any atom is 0.261 e. The fourth-order valence-electron chi connectivity index (χ4n) is 2.58. The van der Waals surface area contributed by atoms with Crippen molar-refractivity contribution < 1.29 is 14.3 Å². The van der Waals surface area contributed by atoms with E-state index in [2.05, 4.69) is 37.4 Å². The molecule has 0 saturated heterocycles. The van der Waals surface area contributed by atoms with Gasteiger partial charge in [-0.05, 0) is 56.0 Å². The van der Waals surface area contributed by atoms with Crippen molar-refractivity contribution in [3.8, 4) is 11.5 Å². The standard InChI is InChI=1S/C21H27NO3/c1-6-20(25-19-9-7-8-18(13-19)24-5)21(23)22-16(4)17-11-10-14(2)15(3)12-17/h7-13,16,20H,6H2,1-5H3,(H,22,23)/t16-,20+/m0/s1. The van der Waals surface area contributed by atoms with Crippen molar-refractivity contribution in [3.63, 3.8) is 0 Å². The summed E-state index contributed by atoms with van der Waals surface area (Å²) in [6, 6.07) is 13.5. The van der Waals surface area contributed by atoms with E-state index >= 15 is 0 Å². The van der Waals surface area contributed by atoms with Crippen LogP contribution < -0.4 is 14.8 Å². The Labute approximate surface area is 150 Å². The monoisotopic (exact) mass is 341 g/mol. The van der Waals surface area contributed by atoms with Gasteiger partial charge in [0.15, 0.2) is 6.10 Å². The van der Waals surface area contributed by atoms with Gasteiger partial charge in [-0.2, -0.15) is 0 Å². The molecule has 0 radical (unpaired) electrons. The first kappa shape index (κ1) is 18.8. The van der Waals surface area contributed by atoms with E-state index in [-0.39, 0.29) is 11.9 Å². The van der Waals surface area contributed by atoms with Gasteiger partial charge in [-0.25, -0.2) is 0 Å². The van der Waals surface area contributed by atoms with Crippen molar-refractivity contribution in [3.05, 3.63) is 59.2 Å². The molecule has 0 fully saturated rings. The van der Waals surface area contributed by atoms with Crippen LogP contribution in [-0.2, 0) is 4.79 Å². The fraction of sp³-hybridized carbons (Fsp3) is 0.381. The lowest BCUT2D eigenvalue weighted by atomic mass is 10.0. The Morgan fingerprint density at radius 1 is 1.08 bits per heavy atom. The molecule has 0 heterocycles. The van der Waals surface area contributed by atoms with Gasteiger partial charge in [-0.15, -0.1) is 0 Å². The lowest BCUT2D eigenvalue weighted by Gasteiger charge is -2.21. The summed E-state index contributed by atoms with van der Waals surface area (Å²) in [6.07, 6.45) is 0.0454. The van der Waals surface area contributed by atoms with Crippen molar-refractivity contribution in [1.82, 2.24) is 5.32 Å². The van der Waals surface area contributed by atoms with E-state index in [9.17, 15) is 4.79 Å². The van der Waals surface area contributed by atoms with Crippen molar-refractivity contribution in [2.45, 2.75) is 46.3 Å². The lowest BCUT2D eigenvalue weighted by Crippen LogP contribution is -2.39. The Morgan fingerprint density at radius 2 is 1.80 bits per heavy atom. The zero-order valence-electron chi connectivity index (χ0n) is 15.6. The number of carbonyl (C=O) groups is 1. The molecular formula is C21H27NO3. The molecule has 1 N–H and O–H groups in total. The van der Waals surface area contributed by atoms with Gasteiger partial charge in [0.1, 0.15) is 11.5 Å². The zero-order valence-corrected chi connectivity index (χ0v) is 15.6. The average Bonchev–Trinajstić information content (AvgIpc) is 2.61. The number of hydrogen-bond acceptors (Lipinski definition) is 3. The van der Waals surface area contributed by atoms with E-state index < -0.39 is 6.10 Å².